The van der Waals surface area contributed by atoms with Crippen LogP contribution in [-0.4, -0.2) is 42.1 Å². The van der Waals surface area contributed by atoms with E-state index in [9.17, 15) is 15.3 Å². The highest BCUT2D eigenvalue weighted by molar-refractivity contribution is 5.86. The van der Waals surface area contributed by atoms with Crippen molar-refractivity contribution in [3.63, 3.8) is 0 Å². The van der Waals surface area contributed by atoms with E-state index in [-0.39, 0.29) is 17.7 Å². The van der Waals surface area contributed by atoms with Gasteiger partial charge in [0.05, 0.1) is 17.5 Å². The van der Waals surface area contributed by atoms with Gasteiger partial charge in [0.2, 0.25) is 0 Å². The van der Waals surface area contributed by atoms with Gasteiger partial charge in [-0.05, 0) is 30.2 Å². The Bertz CT molecular complexity index is 877. The summed E-state index contributed by atoms with van der Waals surface area (Å²) in [5, 5.41) is 31.2. The van der Waals surface area contributed by atoms with Gasteiger partial charge in [0.1, 0.15) is 29.6 Å². The van der Waals surface area contributed by atoms with E-state index < -0.39 is 12.2 Å². The molecular weight excluding hydrogens is 308 g/mol. The molecule has 7 heteroatoms. The summed E-state index contributed by atoms with van der Waals surface area (Å²) in [7, 11) is 0. The van der Waals surface area contributed by atoms with Crippen molar-refractivity contribution in [3.05, 3.63) is 48.4 Å². The summed E-state index contributed by atoms with van der Waals surface area (Å²) in [4.78, 5) is 8.23. The summed E-state index contributed by atoms with van der Waals surface area (Å²) < 4.78 is 1.85. The minimum atomic E-state index is -0.921. The van der Waals surface area contributed by atoms with Crippen LogP contribution < -0.4 is 5.73 Å². The number of aromatic nitrogens is 3. The highest BCUT2D eigenvalue weighted by Gasteiger charge is 2.43. The van der Waals surface area contributed by atoms with Crippen molar-refractivity contribution < 1.29 is 15.3 Å². The number of rotatable bonds is 2. The first kappa shape index (κ1) is 14.9. The molecule has 0 unspecified atom stereocenters. The molecule has 0 saturated heterocycles. The highest BCUT2D eigenvalue weighted by Crippen LogP contribution is 2.43. The Hall–Kier alpha value is -2.64. The largest absolute Gasteiger partial charge is 0.508 e. The third-order valence-electron chi connectivity index (χ3n) is 4.87. The number of aromatic hydroxyl groups is 1. The molecule has 124 valence electrons. The number of hydrogen-bond donors (Lipinski definition) is 4. The average molecular weight is 326 g/mol. The van der Waals surface area contributed by atoms with Crippen LogP contribution in [0.4, 0.5) is 5.82 Å². The second kappa shape index (κ2) is 5.47. The molecule has 1 aliphatic carbocycles. The van der Waals surface area contributed by atoms with E-state index in [2.05, 4.69) is 9.97 Å². The topological polar surface area (TPSA) is 117 Å². The molecule has 24 heavy (non-hydrogen) atoms. The van der Waals surface area contributed by atoms with Gasteiger partial charge >= 0.3 is 0 Å². The number of aliphatic hydroxyl groups is 2. The molecule has 4 atom stereocenters. The van der Waals surface area contributed by atoms with Gasteiger partial charge < -0.3 is 25.6 Å². The second-order valence-corrected chi connectivity index (χ2v) is 6.20. The van der Waals surface area contributed by atoms with Crippen LogP contribution in [0.15, 0.2) is 42.9 Å². The van der Waals surface area contributed by atoms with Gasteiger partial charge in [-0.1, -0.05) is 12.1 Å². The maximum atomic E-state index is 10.5. The molecule has 3 aromatic rings. The summed E-state index contributed by atoms with van der Waals surface area (Å²) in [5.74, 6) is 0.344. The zero-order chi connectivity index (χ0) is 16.8. The van der Waals surface area contributed by atoms with Crippen molar-refractivity contribution in [1.82, 2.24) is 14.5 Å². The zero-order valence-corrected chi connectivity index (χ0v) is 12.8. The van der Waals surface area contributed by atoms with Gasteiger partial charge in [0.25, 0.3) is 0 Å². The SMILES string of the molecule is Nc1ncnc2c1ccn2[C@@H]1C[C@H](c2ccc(O)cc2)[C@@H](O)[C@H]1O. The quantitative estimate of drug-likeness (QED) is 0.561. The lowest BCUT2D eigenvalue weighted by molar-refractivity contribution is 0.0179. The van der Waals surface area contributed by atoms with Crippen molar-refractivity contribution in [2.24, 2.45) is 0 Å². The number of anilines is 1. The third-order valence-corrected chi connectivity index (χ3v) is 4.87. The van der Waals surface area contributed by atoms with Gasteiger partial charge in [0, 0.05) is 12.1 Å². The summed E-state index contributed by atoms with van der Waals surface area (Å²) in [6, 6.07) is 8.21. The molecule has 1 aromatic carbocycles. The lowest BCUT2D eigenvalue weighted by Crippen LogP contribution is -2.28. The number of fused-ring (bicyclic) bond motifs is 1. The predicted octanol–water partition coefficient (Wildman–Crippen LogP) is 1.17. The summed E-state index contributed by atoms with van der Waals surface area (Å²) >= 11 is 0. The zero-order valence-electron chi connectivity index (χ0n) is 12.8. The second-order valence-electron chi connectivity index (χ2n) is 6.20. The minimum Gasteiger partial charge on any atom is -0.508 e. The Kier molecular flexibility index (Phi) is 3.40. The third kappa shape index (κ3) is 2.21. The number of nitrogen functional groups attached to an aromatic ring is 1. The molecule has 1 fully saturated rings. The normalized spacial score (nSPS) is 26.9. The Morgan fingerprint density at radius 3 is 2.54 bits per heavy atom. The molecule has 0 aliphatic heterocycles. The Morgan fingerprint density at radius 2 is 1.79 bits per heavy atom. The average Bonchev–Trinajstić information content (AvgIpc) is 3.12. The first-order valence-corrected chi connectivity index (χ1v) is 7.78. The monoisotopic (exact) mass is 326 g/mol. The molecular formula is C17H18N4O3. The van der Waals surface area contributed by atoms with E-state index in [1.54, 1.807) is 24.3 Å². The van der Waals surface area contributed by atoms with Gasteiger partial charge in [-0.2, -0.15) is 0 Å². The van der Waals surface area contributed by atoms with E-state index in [0.29, 0.717) is 17.9 Å². The van der Waals surface area contributed by atoms with E-state index in [1.165, 1.54) is 6.33 Å². The van der Waals surface area contributed by atoms with Gasteiger partial charge in [-0.25, -0.2) is 9.97 Å². The Morgan fingerprint density at radius 1 is 1.04 bits per heavy atom. The fourth-order valence-electron chi connectivity index (χ4n) is 3.60. The maximum Gasteiger partial charge on any atom is 0.145 e. The molecule has 4 rings (SSSR count). The van der Waals surface area contributed by atoms with Gasteiger partial charge in [-0.15, -0.1) is 0 Å². The molecule has 2 heterocycles. The van der Waals surface area contributed by atoms with Crippen LogP contribution >= 0.6 is 0 Å². The fourth-order valence-corrected chi connectivity index (χ4v) is 3.60. The number of aliphatic hydroxyl groups excluding tert-OH is 2. The van der Waals surface area contributed by atoms with Crippen LogP contribution in [0.1, 0.15) is 23.9 Å². The van der Waals surface area contributed by atoms with Crippen LogP contribution in [0.25, 0.3) is 11.0 Å². The first-order valence-electron chi connectivity index (χ1n) is 7.78. The summed E-state index contributed by atoms with van der Waals surface area (Å²) in [6.07, 6.45) is 1.95. The van der Waals surface area contributed by atoms with Crippen molar-refractivity contribution in [1.29, 1.82) is 0 Å². The number of phenolic OH excluding ortho intramolecular Hbond substituents is 1. The van der Waals surface area contributed by atoms with Gasteiger partial charge in [-0.3, -0.25) is 0 Å². The number of nitrogens with two attached hydrogens (primary N) is 1. The van der Waals surface area contributed by atoms with Crippen LogP contribution in [0, 0.1) is 0 Å². The van der Waals surface area contributed by atoms with Crippen molar-refractivity contribution in [2.75, 3.05) is 5.73 Å². The molecule has 0 radical (unpaired) electrons. The van der Waals surface area contributed by atoms with E-state index >= 15 is 0 Å². The van der Waals surface area contributed by atoms with Crippen LogP contribution in [-0.2, 0) is 0 Å². The van der Waals surface area contributed by atoms with Crippen LogP contribution in [0.2, 0.25) is 0 Å². The smallest absolute Gasteiger partial charge is 0.145 e. The van der Waals surface area contributed by atoms with Crippen LogP contribution in [0.5, 0.6) is 5.75 Å². The van der Waals surface area contributed by atoms with E-state index in [0.717, 1.165) is 10.9 Å². The lowest BCUT2D eigenvalue weighted by Gasteiger charge is -2.19. The summed E-state index contributed by atoms with van der Waals surface area (Å²) in [5.41, 5.74) is 7.39. The molecule has 1 aliphatic rings. The molecule has 1 saturated carbocycles. The van der Waals surface area contributed by atoms with Crippen molar-refractivity contribution in [3.8, 4) is 5.75 Å². The molecule has 5 N–H and O–H groups in total. The molecule has 0 spiro atoms. The fraction of sp³-hybridized carbons (Fsp3) is 0.294. The lowest BCUT2D eigenvalue weighted by atomic mass is 9.95. The number of hydrogen-bond acceptors (Lipinski definition) is 6. The van der Waals surface area contributed by atoms with E-state index in [4.69, 9.17) is 5.73 Å². The Labute approximate surface area is 138 Å². The Balaban J connectivity index is 1.71. The number of nitrogens with zero attached hydrogens (tertiary/aromatic N) is 3. The first-order chi connectivity index (χ1) is 11.6. The molecule has 0 amide bonds. The van der Waals surface area contributed by atoms with Crippen molar-refractivity contribution >= 4 is 16.9 Å². The minimum absolute atomic E-state index is 0.173. The van der Waals surface area contributed by atoms with Crippen molar-refractivity contribution in [2.45, 2.75) is 30.6 Å². The molecule has 0 bridgehead atoms. The van der Waals surface area contributed by atoms with E-state index in [1.807, 2.05) is 16.8 Å². The maximum absolute atomic E-state index is 10.5. The standard InChI is InChI=1S/C17H18N4O3/c18-16-11-5-6-21(17(11)20-8-19-16)13-7-12(14(23)15(13)24)9-1-3-10(22)4-2-9/h1-6,8,12-15,22-24H,7H2,(H2,18,19,20)/t12-,13-,14-,15+/m1/s1. The summed E-state index contributed by atoms with van der Waals surface area (Å²) in [6.45, 7) is 0. The highest BCUT2D eigenvalue weighted by atomic mass is 16.3. The predicted molar refractivity (Wildman–Crippen MR) is 88.5 cm³/mol. The molecule has 2 aromatic heterocycles. The number of phenols is 1. The van der Waals surface area contributed by atoms with Crippen LogP contribution in [0.3, 0.4) is 0 Å². The molecule has 7 nitrogen and oxygen atoms in total. The van der Waals surface area contributed by atoms with Gasteiger partial charge in [0.15, 0.2) is 0 Å². The number of benzene rings is 1.